The zero-order valence-corrected chi connectivity index (χ0v) is 37.8. The number of phosphoric acid groups is 1. The number of nitrogens with zero attached hydrogens (tertiary/aromatic N) is 1. The fourth-order valence-corrected chi connectivity index (χ4v) is 6.56. The van der Waals surface area contributed by atoms with Gasteiger partial charge in [0.1, 0.15) is 19.8 Å². The van der Waals surface area contributed by atoms with E-state index in [0.717, 1.165) is 38.5 Å². The van der Waals surface area contributed by atoms with Gasteiger partial charge in [0.25, 0.3) is 7.82 Å². The highest BCUT2D eigenvalue weighted by Gasteiger charge is 2.22. The molecule has 0 fully saturated rings. The van der Waals surface area contributed by atoms with Gasteiger partial charge in [-0.3, -0.25) is 14.2 Å². The van der Waals surface area contributed by atoms with Gasteiger partial charge in [-0.15, -0.1) is 0 Å². The van der Waals surface area contributed by atoms with Crippen molar-refractivity contribution in [1.82, 2.24) is 0 Å². The Kier molecular flexibility index (Phi) is 36.8. The Morgan fingerprint density at radius 1 is 0.649 bits per heavy atom. The monoisotopic (exact) mass is 826 g/mol. The van der Waals surface area contributed by atoms with Gasteiger partial charge in [0.2, 0.25) is 0 Å². The summed E-state index contributed by atoms with van der Waals surface area (Å²) in [5, 5.41) is 10.3. The van der Waals surface area contributed by atoms with Crippen LogP contribution in [0.2, 0.25) is 0 Å². The van der Waals surface area contributed by atoms with Crippen LogP contribution < -0.4 is 4.89 Å². The summed E-state index contributed by atoms with van der Waals surface area (Å²) < 4.78 is 33.7. The van der Waals surface area contributed by atoms with Crippen LogP contribution in [0.25, 0.3) is 0 Å². The molecule has 1 N–H and O–H groups in total. The number of rotatable bonds is 40. The van der Waals surface area contributed by atoms with E-state index in [9.17, 15) is 24.2 Å². The van der Waals surface area contributed by atoms with Crippen LogP contribution in [0, 0.1) is 0 Å². The topological polar surface area (TPSA) is 131 Å². The summed E-state index contributed by atoms with van der Waals surface area (Å²) in [6.07, 6.45) is 40.2. The molecule has 0 radical (unpaired) electrons. The first-order valence-electron chi connectivity index (χ1n) is 22.5. The van der Waals surface area contributed by atoms with Crippen molar-refractivity contribution in [3.63, 3.8) is 0 Å². The quantitative estimate of drug-likeness (QED) is 0.0160. The maximum atomic E-state index is 12.7. The summed E-state index contributed by atoms with van der Waals surface area (Å²) in [5.74, 6) is -1.04. The molecule has 0 aliphatic carbocycles. The van der Waals surface area contributed by atoms with Gasteiger partial charge in [-0.25, -0.2) is 0 Å². The maximum Gasteiger partial charge on any atom is 0.306 e. The standard InChI is InChI=1S/C46H84NO9P/c1-6-8-10-12-14-16-18-20-21-23-25-27-29-31-33-37-46(50)56-44(42-55-57(51,52)54-40-39-47(3,4)5)41-53-45(49)38-34-36-43(48)35-32-30-28-26-24-22-19-17-15-13-11-9-7-2/h16,18,22,24,28,30,32,35,43-44,48H,6-15,17,19-21,23,25-27,29,31,33-34,36-42H2,1-5H3/b18-16-,24-22+,30-28+,35-32+/t43?,44-/m1/s1. The third-order valence-corrected chi connectivity index (χ3v) is 10.4. The molecule has 0 bridgehead atoms. The SMILES string of the molecule is CCCCCC/C=C\CCCCCCCCCC(=O)O[C@H](COC(=O)CCCC(O)/C=C/C=C/C/C=C/CCCCCCCC)COP(=O)([O-])OCC[N+](C)(C)C. The Bertz CT molecular complexity index is 1130. The number of carbonyl (C=O) groups is 2. The van der Waals surface area contributed by atoms with Gasteiger partial charge >= 0.3 is 11.9 Å². The van der Waals surface area contributed by atoms with Crippen molar-refractivity contribution < 1.29 is 47.2 Å². The highest BCUT2D eigenvalue weighted by Crippen LogP contribution is 2.38. The number of aliphatic hydroxyl groups is 1. The Morgan fingerprint density at radius 3 is 1.77 bits per heavy atom. The van der Waals surface area contributed by atoms with Crippen LogP contribution in [0.15, 0.2) is 48.6 Å². The van der Waals surface area contributed by atoms with E-state index in [4.69, 9.17) is 18.5 Å². The van der Waals surface area contributed by atoms with Crippen molar-refractivity contribution in [3.8, 4) is 0 Å². The summed E-state index contributed by atoms with van der Waals surface area (Å²) in [7, 11) is 1.06. The average Bonchev–Trinajstić information content (AvgIpc) is 3.15. The first-order valence-corrected chi connectivity index (χ1v) is 23.9. The van der Waals surface area contributed by atoms with Crippen molar-refractivity contribution in [2.75, 3.05) is 47.5 Å². The van der Waals surface area contributed by atoms with Gasteiger partial charge in [0.05, 0.1) is 33.9 Å². The number of ether oxygens (including phenoxy) is 2. The Hall–Kier alpha value is -2.07. The molecule has 0 aromatic rings. The summed E-state index contributed by atoms with van der Waals surface area (Å²) in [6.45, 7) is 3.98. The first kappa shape index (κ1) is 54.9. The van der Waals surface area contributed by atoms with Gasteiger partial charge in [-0.2, -0.15) is 0 Å². The molecule has 0 heterocycles. The molecule has 2 unspecified atom stereocenters. The fraction of sp³-hybridized carbons (Fsp3) is 0.783. The lowest BCUT2D eigenvalue weighted by Gasteiger charge is -2.28. The predicted molar refractivity (Wildman–Crippen MR) is 233 cm³/mol. The lowest BCUT2D eigenvalue weighted by atomic mass is 10.1. The molecule has 0 aliphatic heterocycles. The molecular weight excluding hydrogens is 741 g/mol. The third kappa shape index (κ3) is 41.9. The van der Waals surface area contributed by atoms with Crippen LogP contribution in [0.4, 0.5) is 0 Å². The summed E-state index contributed by atoms with van der Waals surface area (Å²) >= 11 is 0. The maximum absolute atomic E-state index is 12.7. The highest BCUT2D eigenvalue weighted by molar-refractivity contribution is 7.45. The van der Waals surface area contributed by atoms with E-state index in [2.05, 4.69) is 38.2 Å². The molecule has 332 valence electrons. The van der Waals surface area contributed by atoms with Crippen LogP contribution in [0.3, 0.4) is 0 Å². The molecule has 0 aromatic carbocycles. The van der Waals surface area contributed by atoms with E-state index in [1.54, 1.807) is 6.08 Å². The molecule has 0 saturated heterocycles. The van der Waals surface area contributed by atoms with Crippen molar-refractivity contribution in [2.45, 2.75) is 187 Å². The van der Waals surface area contributed by atoms with Gasteiger partial charge in [-0.1, -0.05) is 146 Å². The lowest BCUT2D eigenvalue weighted by molar-refractivity contribution is -0.870. The van der Waals surface area contributed by atoms with Crippen LogP contribution in [-0.2, 0) is 32.7 Å². The van der Waals surface area contributed by atoms with Crippen molar-refractivity contribution in [1.29, 1.82) is 0 Å². The van der Waals surface area contributed by atoms with E-state index in [1.807, 2.05) is 39.4 Å². The molecule has 3 atom stereocenters. The second kappa shape index (κ2) is 38.2. The summed E-state index contributed by atoms with van der Waals surface area (Å²) in [5.41, 5.74) is 0. The number of hydrogen-bond acceptors (Lipinski definition) is 9. The van der Waals surface area contributed by atoms with E-state index < -0.39 is 38.6 Å². The number of esters is 2. The fourth-order valence-electron chi connectivity index (χ4n) is 5.83. The smallest absolute Gasteiger partial charge is 0.306 e. The molecule has 0 saturated carbocycles. The van der Waals surface area contributed by atoms with E-state index in [1.165, 1.54) is 89.9 Å². The molecule has 0 amide bonds. The summed E-state index contributed by atoms with van der Waals surface area (Å²) in [6, 6.07) is 0. The number of aliphatic hydroxyl groups excluding tert-OH is 1. The molecule has 0 rings (SSSR count). The van der Waals surface area contributed by atoms with Crippen LogP contribution in [0.1, 0.15) is 174 Å². The normalized spacial score (nSPS) is 14.6. The van der Waals surface area contributed by atoms with Crippen LogP contribution in [0.5, 0.6) is 0 Å². The van der Waals surface area contributed by atoms with Crippen molar-refractivity contribution >= 4 is 19.8 Å². The number of quaternary nitrogens is 1. The molecular formula is C46H84NO9P. The van der Waals surface area contributed by atoms with Gasteiger partial charge in [0, 0.05) is 12.8 Å². The largest absolute Gasteiger partial charge is 0.756 e. The number of allylic oxidation sites excluding steroid dienone is 7. The van der Waals surface area contributed by atoms with E-state index in [0.29, 0.717) is 30.3 Å². The molecule has 0 aliphatic rings. The van der Waals surface area contributed by atoms with Gasteiger partial charge < -0.3 is 33.0 Å². The molecule has 0 aromatic heterocycles. The molecule has 57 heavy (non-hydrogen) atoms. The minimum atomic E-state index is -4.67. The van der Waals surface area contributed by atoms with Crippen molar-refractivity contribution in [2.24, 2.45) is 0 Å². The Morgan fingerprint density at radius 2 is 1.18 bits per heavy atom. The third-order valence-electron chi connectivity index (χ3n) is 9.43. The molecule has 0 spiro atoms. The van der Waals surface area contributed by atoms with Gasteiger partial charge in [-0.05, 0) is 64.2 Å². The molecule has 10 nitrogen and oxygen atoms in total. The van der Waals surface area contributed by atoms with Gasteiger partial charge in [0.15, 0.2) is 6.10 Å². The van der Waals surface area contributed by atoms with Crippen LogP contribution >= 0.6 is 7.82 Å². The van der Waals surface area contributed by atoms with E-state index in [-0.39, 0.29) is 26.1 Å². The average molecular weight is 826 g/mol. The Labute approximate surface area is 348 Å². The predicted octanol–water partition coefficient (Wildman–Crippen LogP) is 11.0. The second-order valence-corrected chi connectivity index (χ2v) is 17.7. The second-order valence-electron chi connectivity index (χ2n) is 16.3. The minimum Gasteiger partial charge on any atom is -0.756 e. The van der Waals surface area contributed by atoms with Crippen molar-refractivity contribution in [3.05, 3.63) is 48.6 Å². The number of likely N-dealkylation sites (N-methyl/N-ethyl adjacent to an activating group) is 1. The Balaban J connectivity index is 4.54. The number of carbonyl (C=O) groups excluding carboxylic acids is 2. The van der Waals surface area contributed by atoms with Crippen LogP contribution in [-0.4, -0.2) is 81.2 Å². The summed E-state index contributed by atoms with van der Waals surface area (Å²) in [4.78, 5) is 37.5. The number of unbranched alkanes of at least 4 members (excludes halogenated alkanes) is 17. The lowest BCUT2D eigenvalue weighted by Crippen LogP contribution is -2.37. The first-order chi connectivity index (χ1) is 27.4. The highest BCUT2D eigenvalue weighted by atomic mass is 31.2. The molecule has 11 heteroatoms. The van der Waals surface area contributed by atoms with E-state index >= 15 is 0 Å². The number of phosphoric ester groups is 1. The number of hydrogen-bond donors (Lipinski definition) is 1. The zero-order chi connectivity index (χ0) is 42.3. The zero-order valence-electron chi connectivity index (χ0n) is 36.9. The minimum absolute atomic E-state index is 0.0513.